The highest BCUT2D eigenvalue weighted by molar-refractivity contribution is 9.10. The van der Waals surface area contributed by atoms with Crippen LogP contribution in [-0.2, 0) is 4.79 Å². The Morgan fingerprint density at radius 3 is 3.12 bits per heavy atom. The van der Waals surface area contributed by atoms with Gasteiger partial charge in [0.05, 0.1) is 0 Å². The van der Waals surface area contributed by atoms with Crippen LogP contribution in [0.2, 0.25) is 0 Å². The SMILES string of the molecule is NC1CCCN(C(=O)/C=C/c2cc(Br)cs2)C1. The van der Waals surface area contributed by atoms with Gasteiger partial charge in [0, 0.05) is 39.9 Å². The number of nitrogens with zero attached hydrogens (tertiary/aromatic N) is 1. The Labute approximate surface area is 113 Å². The molecule has 92 valence electrons. The van der Waals surface area contributed by atoms with E-state index in [0.29, 0.717) is 6.54 Å². The van der Waals surface area contributed by atoms with Gasteiger partial charge in [0.25, 0.3) is 0 Å². The normalized spacial score (nSPS) is 21.1. The number of carbonyl (C=O) groups excluding carboxylic acids is 1. The number of hydrogen-bond donors (Lipinski definition) is 1. The van der Waals surface area contributed by atoms with Crippen LogP contribution >= 0.6 is 27.3 Å². The van der Waals surface area contributed by atoms with Crippen LogP contribution in [0.3, 0.4) is 0 Å². The first-order chi connectivity index (χ1) is 8.15. The van der Waals surface area contributed by atoms with Crippen molar-refractivity contribution in [2.75, 3.05) is 13.1 Å². The van der Waals surface area contributed by atoms with Gasteiger partial charge in [-0.3, -0.25) is 4.79 Å². The predicted octanol–water partition coefficient (Wildman–Crippen LogP) is 2.47. The summed E-state index contributed by atoms with van der Waals surface area (Å²) in [6.45, 7) is 1.50. The van der Waals surface area contributed by atoms with E-state index in [1.807, 2.05) is 22.4 Å². The van der Waals surface area contributed by atoms with Gasteiger partial charge in [-0.25, -0.2) is 0 Å². The van der Waals surface area contributed by atoms with Crippen LogP contribution < -0.4 is 5.73 Å². The molecule has 2 heterocycles. The molecule has 17 heavy (non-hydrogen) atoms. The molecular formula is C12H15BrN2OS. The van der Waals surface area contributed by atoms with E-state index in [9.17, 15) is 4.79 Å². The molecule has 0 aromatic carbocycles. The summed E-state index contributed by atoms with van der Waals surface area (Å²) in [4.78, 5) is 14.8. The highest BCUT2D eigenvalue weighted by atomic mass is 79.9. The number of nitrogens with two attached hydrogens (primary N) is 1. The maximum absolute atomic E-state index is 11.9. The molecule has 1 atom stereocenters. The number of likely N-dealkylation sites (tertiary alicyclic amines) is 1. The predicted molar refractivity (Wildman–Crippen MR) is 74.8 cm³/mol. The largest absolute Gasteiger partial charge is 0.338 e. The van der Waals surface area contributed by atoms with Gasteiger partial charge in [-0.05, 0) is 40.9 Å². The van der Waals surface area contributed by atoms with E-state index in [2.05, 4.69) is 15.9 Å². The van der Waals surface area contributed by atoms with Crippen molar-refractivity contribution in [2.45, 2.75) is 18.9 Å². The summed E-state index contributed by atoms with van der Waals surface area (Å²) in [5.74, 6) is 0.0599. The molecule has 1 aromatic rings. The fraction of sp³-hybridized carbons (Fsp3) is 0.417. The minimum absolute atomic E-state index is 0.0599. The minimum atomic E-state index is 0.0599. The van der Waals surface area contributed by atoms with Crippen molar-refractivity contribution in [3.8, 4) is 0 Å². The maximum atomic E-state index is 11.9. The molecule has 5 heteroatoms. The molecule has 1 amide bonds. The van der Waals surface area contributed by atoms with E-state index < -0.39 is 0 Å². The van der Waals surface area contributed by atoms with Crippen molar-refractivity contribution in [2.24, 2.45) is 5.73 Å². The fourth-order valence-corrected chi connectivity index (χ4v) is 3.22. The lowest BCUT2D eigenvalue weighted by atomic mass is 10.1. The van der Waals surface area contributed by atoms with Crippen LogP contribution in [-0.4, -0.2) is 29.9 Å². The van der Waals surface area contributed by atoms with Gasteiger partial charge >= 0.3 is 0 Å². The summed E-state index contributed by atoms with van der Waals surface area (Å²) in [5.41, 5.74) is 5.85. The quantitative estimate of drug-likeness (QED) is 0.852. The molecule has 0 bridgehead atoms. The van der Waals surface area contributed by atoms with Crippen molar-refractivity contribution < 1.29 is 4.79 Å². The Bertz CT molecular complexity index is 430. The smallest absolute Gasteiger partial charge is 0.246 e. The Hall–Kier alpha value is -0.650. The summed E-state index contributed by atoms with van der Waals surface area (Å²) < 4.78 is 1.05. The summed E-state index contributed by atoms with van der Waals surface area (Å²) in [5, 5.41) is 2.00. The second-order valence-electron chi connectivity index (χ2n) is 4.19. The molecule has 2 rings (SSSR count). The van der Waals surface area contributed by atoms with E-state index in [-0.39, 0.29) is 11.9 Å². The van der Waals surface area contributed by atoms with E-state index >= 15 is 0 Å². The molecule has 3 nitrogen and oxygen atoms in total. The topological polar surface area (TPSA) is 46.3 Å². The number of piperidine rings is 1. The number of halogens is 1. The molecule has 0 saturated carbocycles. The summed E-state index contributed by atoms with van der Waals surface area (Å²) in [6.07, 6.45) is 5.52. The number of amides is 1. The number of carbonyl (C=O) groups is 1. The third-order valence-electron chi connectivity index (χ3n) is 2.75. The van der Waals surface area contributed by atoms with Crippen LogP contribution in [0.5, 0.6) is 0 Å². The monoisotopic (exact) mass is 314 g/mol. The molecule has 0 aliphatic carbocycles. The zero-order valence-electron chi connectivity index (χ0n) is 9.43. The number of rotatable bonds is 2. The molecule has 1 fully saturated rings. The van der Waals surface area contributed by atoms with E-state index in [0.717, 1.165) is 28.7 Å². The lowest BCUT2D eigenvalue weighted by Gasteiger charge is -2.29. The van der Waals surface area contributed by atoms with E-state index in [1.54, 1.807) is 17.4 Å². The van der Waals surface area contributed by atoms with E-state index in [4.69, 9.17) is 5.73 Å². The molecule has 1 aromatic heterocycles. The number of thiophene rings is 1. The van der Waals surface area contributed by atoms with Gasteiger partial charge in [-0.2, -0.15) is 0 Å². The van der Waals surface area contributed by atoms with Crippen molar-refractivity contribution >= 4 is 39.2 Å². The summed E-state index contributed by atoms with van der Waals surface area (Å²) in [7, 11) is 0. The highest BCUT2D eigenvalue weighted by Crippen LogP contribution is 2.21. The molecule has 1 unspecified atom stereocenters. The summed E-state index contributed by atoms with van der Waals surface area (Å²) >= 11 is 5.00. The Balaban J connectivity index is 1.94. The third kappa shape index (κ3) is 3.66. The molecule has 2 N–H and O–H groups in total. The first-order valence-electron chi connectivity index (χ1n) is 5.62. The lowest BCUT2D eigenvalue weighted by Crippen LogP contribution is -2.45. The van der Waals surface area contributed by atoms with Crippen LogP contribution in [0.1, 0.15) is 17.7 Å². The van der Waals surface area contributed by atoms with Crippen molar-refractivity contribution in [1.29, 1.82) is 0 Å². The molecular weight excluding hydrogens is 300 g/mol. The Morgan fingerprint density at radius 1 is 1.65 bits per heavy atom. The average molecular weight is 315 g/mol. The van der Waals surface area contributed by atoms with Crippen LogP contribution in [0.25, 0.3) is 6.08 Å². The summed E-state index contributed by atoms with van der Waals surface area (Å²) in [6, 6.07) is 2.13. The van der Waals surface area contributed by atoms with Crippen LogP contribution in [0.15, 0.2) is 22.0 Å². The third-order valence-corrected chi connectivity index (χ3v) is 4.41. The van der Waals surface area contributed by atoms with Gasteiger partial charge in [-0.1, -0.05) is 0 Å². The molecule has 1 aliphatic heterocycles. The average Bonchev–Trinajstić information content (AvgIpc) is 2.72. The minimum Gasteiger partial charge on any atom is -0.338 e. The van der Waals surface area contributed by atoms with Crippen LogP contribution in [0, 0.1) is 0 Å². The lowest BCUT2D eigenvalue weighted by molar-refractivity contribution is -0.127. The molecule has 0 radical (unpaired) electrons. The van der Waals surface area contributed by atoms with Gasteiger partial charge in [0.1, 0.15) is 0 Å². The zero-order valence-corrected chi connectivity index (χ0v) is 11.8. The highest BCUT2D eigenvalue weighted by Gasteiger charge is 2.19. The molecule has 1 saturated heterocycles. The molecule has 0 spiro atoms. The van der Waals surface area contributed by atoms with Gasteiger partial charge in [-0.15, -0.1) is 11.3 Å². The maximum Gasteiger partial charge on any atom is 0.246 e. The molecule has 1 aliphatic rings. The standard InChI is InChI=1S/C12H15BrN2OS/c13-9-6-11(17-8-9)3-4-12(16)15-5-1-2-10(14)7-15/h3-4,6,8,10H,1-2,5,7,14H2/b4-3+. The second-order valence-corrected chi connectivity index (χ2v) is 6.05. The Kier molecular flexibility index (Phi) is 4.36. The van der Waals surface area contributed by atoms with E-state index in [1.165, 1.54) is 0 Å². The van der Waals surface area contributed by atoms with Crippen molar-refractivity contribution in [3.63, 3.8) is 0 Å². The fourth-order valence-electron chi connectivity index (χ4n) is 1.88. The number of hydrogen-bond acceptors (Lipinski definition) is 3. The second kappa shape index (κ2) is 5.80. The zero-order chi connectivity index (χ0) is 12.3. The van der Waals surface area contributed by atoms with Gasteiger partial charge in [0.2, 0.25) is 5.91 Å². The van der Waals surface area contributed by atoms with Crippen molar-refractivity contribution in [3.05, 3.63) is 26.9 Å². The van der Waals surface area contributed by atoms with Crippen molar-refractivity contribution in [1.82, 2.24) is 4.90 Å². The first-order valence-corrected chi connectivity index (χ1v) is 7.29. The van der Waals surface area contributed by atoms with Gasteiger partial charge < -0.3 is 10.6 Å². The van der Waals surface area contributed by atoms with Gasteiger partial charge in [0.15, 0.2) is 0 Å². The first kappa shape index (κ1) is 12.8. The Morgan fingerprint density at radius 2 is 2.47 bits per heavy atom. The van der Waals surface area contributed by atoms with Crippen LogP contribution in [0.4, 0.5) is 0 Å².